The van der Waals surface area contributed by atoms with E-state index in [9.17, 15) is 10.1 Å². The van der Waals surface area contributed by atoms with Gasteiger partial charge in [0.2, 0.25) is 0 Å². The molecule has 7 heteroatoms. The van der Waals surface area contributed by atoms with Crippen LogP contribution in [-0.4, -0.2) is 60.1 Å². The van der Waals surface area contributed by atoms with Gasteiger partial charge in [0.15, 0.2) is 0 Å². The Bertz CT molecular complexity index is 1160. The van der Waals surface area contributed by atoms with Crippen LogP contribution >= 0.6 is 0 Å². The minimum absolute atomic E-state index is 0.0725. The Labute approximate surface area is 182 Å². The number of ether oxygens (including phenoxy) is 1. The van der Waals surface area contributed by atoms with Crippen molar-refractivity contribution in [3.8, 4) is 17.3 Å². The van der Waals surface area contributed by atoms with Crippen LogP contribution in [0.2, 0.25) is 0 Å². The minimum atomic E-state index is -0.103. The van der Waals surface area contributed by atoms with Crippen molar-refractivity contribution < 1.29 is 9.53 Å². The number of pyridine rings is 1. The lowest BCUT2D eigenvalue weighted by Crippen LogP contribution is -2.41. The fourth-order valence-corrected chi connectivity index (χ4v) is 4.18. The minimum Gasteiger partial charge on any atom is -0.375 e. The molecule has 0 aliphatic carbocycles. The van der Waals surface area contributed by atoms with Crippen LogP contribution in [0.3, 0.4) is 0 Å². The van der Waals surface area contributed by atoms with E-state index >= 15 is 0 Å². The second-order valence-electron chi connectivity index (χ2n) is 7.93. The Morgan fingerprint density at radius 3 is 2.90 bits per heavy atom. The summed E-state index contributed by atoms with van der Waals surface area (Å²) >= 11 is 0. The predicted octanol–water partition coefficient (Wildman–Crippen LogP) is 2.67. The number of imidazole rings is 1. The van der Waals surface area contributed by atoms with Crippen molar-refractivity contribution >= 4 is 11.6 Å². The Kier molecular flexibility index (Phi) is 6.03. The summed E-state index contributed by atoms with van der Waals surface area (Å²) in [4.78, 5) is 19.3. The van der Waals surface area contributed by atoms with Crippen LogP contribution < -0.4 is 5.32 Å². The third-order valence-electron chi connectivity index (χ3n) is 5.85. The summed E-state index contributed by atoms with van der Waals surface area (Å²) < 4.78 is 8.10. The van der Waals surface area contributed by atoms with Crippen LogP contribution in [0.5, 0.6) is 0 Å². The lowest BCUT2D eigenvalue weighted by Gasteiger charge is -2.30. The first-order valence-electron chi connectivity index (χ1n) is 10.6. The molecule has 1 saturated heterocycles. The first kappa shape index (κ1) is 21.0. The van der Waals surface area contributed by atoms with Crippen molar-refractivity contribution in [2.45, 2.75) is 25.9 Å². The van der Waals surface area contributed by atoms with E-state index < -0.39 is 0 Å². The van der Waals surface area contributed by atoms with Crippen molar-refractivity contribution in [2.24, 2.45) is 0 Å². The molecule has 160 valence electrons. The van der Waals surface area contributed by atoms with Crippen molar-refractivity contribution in [1.82, 2.24) is 19.6 Å². The van der Waals surface area contributed by atoms with Gasteiger partial charge in [-0.1, -0.05) is 13.0 Å². The fraction of sp³-hybridized carbons (Fsp3) is 0.375. The molecule has 0 spiro atoms. The number of aromatic nitrogens is 2. The quantitative estimate of drug-likeness (QED) is 0.690. The highest BCUT2D eigenvalue weighted by Gasteiger charge is 2.24. The molecule has 0 bridgehead atoms. The molecule has 1 aliphatic heterocycles. The third kappa shape index (κ3) is 4.18. The molecule has 0 radical (unpaired) electrons. The summed E-state index contributed by atoms with van der Waals surface area (Å²) in [7, 11) is 3.74. The zero-order valence-corrected chi connectivity index (χ0v) is 18.2. The SMILES string of the molecule is CCc1cc(C(=O)NC)ccc1-c1nc2cc(C#N)ccn2c1CC1CN(C)CCO1. The maximum Gasteiger partial charge on any atom is 0.251 e. The molecule has 1 atom stereocenters. The normalized spacial score (nSPS) is 16.9. The summed E-state index contributed by atoms with van der Waals surface area (Å²) in [5.41, 5.74) is 5.97. The van der Waals surface area contributed by atoms with Crippen molar-refractivity contribution in [2.75, 3.05) is 33.8 Å². The monoisotopic (exact) mass is 417 g/mol. The van der Waals surface area contributed by atoms with E-state index in [-0.39, 0.29) is 12.0 Å². The highest BCUT2D eigenvalue weighted by Crippen LogP contribution is 2.31. The molecule has 1 unspecified atom stereocenters. The van der Waals surface area contributed by atoms with E-state index in [0.29, 0.717) is 24.2 Å². The Morgan fingerprint density at radius 1 is 1.35 bits per heavy atom. The number of hydrogen-bond acceptors (Lipinski definition) is 5. The van der Waals surface area contributed by atoms with Gasteiger partial charge in [0, 0.05) is 43.9 Å². The largest absolute Gasteiger partial charge is 0.375 e. The van der Waals surface area contributed by atoms with Gasteiger partial charge < -0.3 is 19.4 Å². The topological polar surface area (TPSA) is 82.7 Å². The van der Waals surface area contributed by atoms with Gasteiger partial charge in [0.25, 0.3) is 5.91 Å². The summed E-state index contributed by atoms with van der Waals surface area (Å²) in [5.74, 6) is -0.103. The van der Waals surface area contributed by atoms with Gasteiger partial charge in [0.05, 0.1) is 35.7 Å². The van der Waals surface area contributed by atoms with Crippen molar-refractivity contribution in [3.05, 3.63) is 58.9 Å². The van der Waals surface area contributed by atoms with Crippen LogP contribution in [0.15, 0.2) is 36.5 Å². The number of nitrogens with zero attached hydrogens (tertiary/aromatic N) is 4. The molecule has 7 nitrogen and oxygen atoms in total. The molecule has 2 aromatic heterocycles. The Hall–Kier alpha value is -3.21. The molecular formula is C24H27N5O2. The van der Waals surface area contributed by atoms with Gasteiger partial charge >= 0.3 is 0 Å². The second kappa shape index (κ2) is 8.88. The molecule has 4 rings (SSSR count). The first-order chi connectivity index (χ1) is 15.0. The number of nitriles is 1. The average Bonchev–Trinajstić information content (AvgIpc) is 3.15. The molecule has 3 aromatic rings. The van der Waals surface area contributed by atoms with Gasteiger partial charge in [0.1, 0.15) is 5.65 Å². The van der Waals surface area contributed by atoms with Crippen molar-refractivity contribution in [3.63, 3.8) is 0 Å². The number of aryl methyl sites for hydroxylation is 1. The summed E-state index contributed by atoms with van der Waals surface area (Å²) in [6.07, 6.45) is 3.48. The van der Waals surface area contributed by atoms with Gasteiger partial charge in [-0.3, -0.25) is 4.79 Å². The molecule has 31 heavy (non-hydrogen) atoms. The molecule has 0 saturated carbocycles. The van der Waals surface area contributed by atoms with Crippen LogP contribution in [0.25, 0.3) is 16.9 Å². The molecule has 1 amide bonds. The maximum atomic E-state index is 12.1. The first-order valence-corrected chi connectivity index (χ1v) is 10.6. The number of benzene rings is 1. The second-order valence-corrected chi connectivity index (χ2v) is 7.93. The number of amides is 1. The lowest BCUT2D eigenvalue weighted by atomic mass is 9.96. The van der Waals surface area contributed by atoms with Crippen molar-refractivity contribution in [1.29, 1.82) is 5.26 Å². The van der Waals surface area contributed by atoms with E-state index in [2.05, 4.69) is 34.7 Å². The summed E-state index contributed by atoms with van der Waals surface area (Å²) in [5, 5.41) is 12.0. The van der Waals surface area contributed by atoms with Crippen LogP contribution in [0, 0.1) is 11.3 Å². The number of rotatable bonds is 5. The number of morpholine rings is 1. The highest BCUT2D eigenvalue weighted by molar-refractivity contribution is 5.95. The molecule has 1 fully saturated rings. The van der Waals surface area contributed by atoms with Crippen LogP contribution in [-0.2, 0) is 17.6 Å². The van der Waals surface area contributed by atoms with E-state index in [1.807, 2.05) is 36.5 Å². The third-order valence-corrected chi connectivity index (χ3v) is 5.85. The zero-order chi connectivity index (χ0) is 22.0. The van der Waals surface area contributed by atoms with Gasteiger partial charge in [-0.25, -0.2) is 4.98 Å². The smallest absolute Gasteiger partial charge is 0.251 e. The number of fused-ring (bicyclic) bond motifs is 1. The van der Waals surface area contributed by atoms with Gasteiger partial charge in [-0.05, 0) is 43.3 Å². The summed E-state index contributed by atoms with van der Waals surface area (Å²) in [6, 6.07) is 11.6. The van der Waals surface area contributed by atoms with E-state index in [1.54, 1.807) is 7.05 Å². The van der Waals surface area contributed by atoms with E-state index in [4.69, 9.17) is 9.72 Å². The number of likely N-dealkylation sites (N-methyl/N-ethyl adjacent to an activating group) is 1. The Balaban J connectivity index is 1.84. The van der Waals surface area contributed by atoms with Gasteiger partial charge in [-0.15, -0.1) is 0 Å². The average molecular weight is 418 g/mol. The summed E-state index contributed by atoms with van der Waals surface area (Å²) in [6.45, 7) is 4.59. The molecule has 1 aromatic carbocycles. The maximum absolute atomic E-state index is 12.1. The lowest BCUT2D eigenvalue weighted by molar-refractivity contribution is -0.0190. The fourth-order valence-electron chi connectivity index (χ4n) is 4.18. The van der Waals surface area contributed by atoms with E-state index in [1.165, 1.54) is 0 Å². The zero-order valence-electron chi connectivity index (χ0n) is 18.2. The molecule has 1 aliphatic rings. The standard InChI is InChI=1S/C24H27N5O2/c1-4-17-12-18(24(30)26-2)5-6-20(17)23-21(13-19-15-28(3)9-10-31-19)29-8-7-16(14-25)11-22(29)27-23/h5-8,11-12,19H,4,9-10,13,15H2,1-3H3,(H,26,30). The predicted molar refractivity (Wildman–Crippen MR) is 119 cm³/mol. The number of carbonyl (C=O) groups excluding carboxylic acids is 1. The van der Waals surface area contributed by atoms with Gasteiger partial charge in [-0.2, -0.15) is 5.26 Å². The highest BCUT2D eigenvalue weighted by atomic mass is 16.5. The van der Waals surface area contributed by atoms with Crippen LogP contribution in [0.4, 0.5) is 0 Å². The molecule has 3 heterocycles. The van der Waals surface area contributed by atoms with Crippen LogP contribution in [0.1, 0.15) is 34.1 Å². The number of carbonyl (C=O) groups is 1. The molecule has 1 N–H and O–H groups in total. The number of nitrogens with one attached hydrogen (secondary N) is 1. The van der Waals surface area contributed by atoms with E-state index in [0.717, 1.165) is 47.7 Å². The molecular weight excluding hydrogens is 390 g/mol. The number of hydrogen-bond donors (Lipinski definition) is 1. The Morgan fingerprint density at radius 2 is 2.19 bits per heavy atom.